The number of ether oxygens (including phenoxy) is 1. The van der Waals surface area contributed by atoms with Crippen LogP contribution in [0.3, 0.4) is 0 Å². The fourth-order valence-corrected chi connectivity index (χ4v) is 3.59. The van der Waals surface area contributed by atoms with Crippen molar-refractivity contribution in [3.8, 4) is 5.75 Å². The zero-order valence-electron chi connectivity index (χ0n) is 12.8. The van der Waals surface area contributed by atoms with Gasteiger partial charge in [0.05, 0.1) is 23.3 Å². The van der Waals surface area contributed by atoms with Gasteiger partial charge >= 0.3 is 0 Å². The number of hydrogen-bond donors (Lipinski definition) is 2. The van der Waals surface area contributed by atoms with Crippen molar-refractivity contribution in [1.82, 2.24) is 5.32 Å². The van der Waals surface area contributed by atoms with Crippen molar-refractivity contribution in [2.75, 3.05) is 18.9 Å². The Morgan fingerprint density at radius 3 is 2.25 bits per heavy atom. The number of carbonyl (C=O) groups excluding carboxylic acids is 1. The van der Waals surface area contributed by atoms with Crippen LogP contribution in [0.1, 0.15) is 10.4 Å². The van der Waals surface area contributed by atoms with E-state index in [2.05, 4.69) is 10.0 Å². The molecule has 9 heteroatoms. The largest absolute Gasteiger partial charge is 0.496 e. The van der Waals surface area contributed by atoms with Crippen LogP contribution in [0.4, 0.5) is 5.69 Å². The highest BCUT2D eigenvalue weighted by Crippen LogP contribution is 2.27. The molecule has 0 spiro atoms. The van der Waals surface area contributed by atoms with E-state index in [-0.39, 0.29) is 21.9 Å². The molecular weight excluding hydrogens is 375 g/mol. The Bertz CT molecular complexity index is 865. The third-order valence-electron chi connectivity index (χ3n) is 3.07. The minimum Gasteiger partial charge on any atom is -0.496 e. The highest BCUT2D eigenvalue weighted by Gasteiger charge is 2.19. The Kier molecular flexibility index (Phi) is 5.58. The van der Waals surface area contributed by atoms with E-state index in [0.29, 0.717) is 10.0 Å². The third kappa shape index (κ3) is 4.11. The van der Waals surface area contributed by atoms with Crippen LogP contribution in [-0.2, 0) is 10.0 Å². The second kappa shape index (κ2) is 7.29. The first-order chi connectivity index (χ1) is 11.3. The number of sulfonamides is 1. The monoisotopic (exact) mass is 388 g/mol. The highest BCUT2D eigenvalue weighted by atomic mass is 35.5. The lowest BCUT2D eigenvalue weighted by molar-refractivity contribution is 0.0960. The van der Waals surface area contributed by atoms with Crippen LogP contribution in [0, 0.1) is 0 Å². The van der Waals surface area contributed by atoms with E-state index < -0.39 is 15.9 Å². The van der Waals surface area contributed by atoms with Crippen LogP contribution < -0.4 is 14.8 Å². The van der Waals surface area contributed by atoms with Crippen molar-refractivity contribution in [2.24, 2.45) is 0 Å². The Labute approximate surface area is 149 Å². The van der Waals surface area contributed by atoms with E-state index in [0.717, 1.165) is 0 Å². The Morgan fingerprint density at radius 1 is 1.08 bits per heavy atom. The predicted molar refractivity (Wildman–Crippen MR) is 93.7 cm³/mol. The fraction of sp³-hybridized carbons (Fsp3) is 0.133. The average molecular weight is 389 g/mol. The molecule has 0 fully saturated rings. The van der Waals surface area contributed by atoms with Crippen molar-refractivity contribution in [1.29, 1.82) is 0 Å². The van der Waals surface area contributed by atoms with Gasteiger partial charge < -0.3 is 10.1 Å². The summed E-state index contributed by atoms with van der Waals surface area (Å²) in [6, 6.07) is 8.30. The molecule has 0 unspecified atom stereocenters. The summed E-state index contributed by atoms with van der Waals surface area (Å²) in [7, 11) is -1.11. The molecule has 2 N–H and O–H groups in total. The standard InChI is InChI=1S/C15H14Cl2N2O4S/c1-18-15(20)13-8-12(3-4-14(13)23-2)24(21,22)19-11-6-9(16)5-10(17)7-11/h3-8,19H,1-2H3,(H,18,20). The van der Waals surface area contributed by atoms with E-state index in [9.17, 15) is 13.2 Å². The number of benzene rings is 2. The van der Waals surface area contributed by atoms with E-state index in [4.69, 9.17) is 27.9 Å². The van der Waals surface area contributed by atoms with Crippen molar-refractivity contribution in [2.45, 2.75) is 4.90 Å². The van der Waals surface area contributed by atoms with Crippen LogP contribution in [0.15, 0.2) is 41.3 Å². The minimum absolute atomic E-state index is 0.0991. The summed E-state index contributed by atoms with van der Waals surface area (Å²) in [5.74, 6) is -0.200. The summed E-state index contributed by atoms with van der Waals surface area (Å²) in [6.45, 7) is 0. The Balaban J connectivity index is 2.43. The number of halogens is 2. The van der Waals surface area contributed by atoms with Crippen molar-refractivity contribution >= 4 is 44.8 Å². The van der Waals surface area contributed by atoms with E-state index >= 15 is 0 Å². The SMILES string of the molecule is CNC(=O)c1cc(S(=O)(=O)Nc2cc(Cl)cc(Cl)c2)ccc1OC. The highest BCUT2D eigenvalue weighted by molar-refractivity contribution is 7.92. The molecule has 6 nitrogen and oxygen atoms in total. The average Bonchev–Trinajstić information content (AvgIpc) is 2.52. The zero-order chi connectivity index (χ0) is 17.9. The van der Waals surface area contributed by atoms with Gasteiger partial charge in [0.1, 0.15) is 5.75 Å². The maximum atomic E-state index is 12.5. The van der Waals surface area contributed by atoms with Crippen LogP contribution in [0.25, 0.3) is 0 Å². The molecule has 2 aromatic rings. The number of carbonyl (C=O) groups is 1. The molecular formula is C15H14Cl2N2O4S. The number of rotatable bonds is 5. The first-order valence-electron chi connectivity index (χ1n) is 6.66. The fourth-order valence-electron chi connectivity index (χ4n) is 1.99. The van der Waals surface area contributed by atoms with Gasteiger partial charge in [0.25, 0.3) is 15.9 Å². The topological polar surface area (TPSA) is 84.5 Å². The number of hydrogen-bond acceptors (Lipinski definition) is 4. The number of methoxy groups -OCH3 is 1. The number of amides is 1. The molecule has 0 heterocycles. The van der Waals surface area contributed by atoms with Crippen molar-refractivity contribution < 1.29 is 17.9 Å². The summed E-state index contributed by atoms with van der Waals surface area (Å²) in [4.78, 5) is 11.8. The summed E-state index contributed by atoms with van der Waals surface area (Å²) in [5, 5.41) is 3.02. The summed E-state index contributed by atoms with van der Waals surface area (Å²) >= 11 is 11.7. The van der Waals surface area contributed by atoms with Gasteiger partial charge in [-0.25, -0.2) is 8.42 Å². The van der Waals surface area contributed by atoms with Crippen molar-refractivity contribution in [3.63, 3.8) is 0 Å². The maximum Gasteiger partial charge on any atom is 0.261 e. The van der Waals surface area contributed by atoms with Gasteiger partial charge in [-0.15, -0.1) is 0 Å². The van der Waals surface area contributed by atoms with Crippen LogP contribution in [0.2, 0.25) is 10.0 Å². The first-order valence-corrected chi connectivity index (χ1v) is 8.90. The molecule has 0 aliphatic rings. The molecule has 0 atom stereocenters. The second-order valence-electron chi connectivity index (χ2n) is 4.70. The molecule has 128 valence electrons. The molecule has 0 saturated heterocycles. The zero-order valence-corrected chi connectivity index (χ0v) is 15.1. The molecule has 0 aliphatic carbocycles. The van der Waals surface area contributed by atoms with Crippen molar-refractivity contribution in [3.05, 3.63) is 52.0 Å². The first kappa shape index (κ1) is 18.4. The van der Waals surface area contributed by atoms with E-state index in [1.54, 1.807) is 0 Å². The van der Waals surface area contributed by atoms with Gasteiger partial charge in [-0.1, -0.05) is 23.2 Å². The van der Waals surface area contributed by atoms with E-state index in [1.807, 2.05) is 0 Å². The van der Waals surface area contributed by atoms with Gasteiger partial charge in [0.15, 0.2) is 0 Å². The summed E-state index contributed by atoms with van der Waals surface area (Å²) < 4.78 is 32.5. The Hall–Kier alpha value is -1.96. The molecule has 0 saturated carbocycles. The van der Waals surface area contributed by atoms with Gasteiger partial charge in [-0.05, 0) is 36.4 Å². The lowest BCUT2D eigenvalue weighted by atomic mass is 10.2. The predicted octanol–water partition coefficient (Wildman–Crippen LogP) is 3.16. The number of nitrogens with one attached hydrogen (secondary N) is 2. The molecule has 24 heavy (non-hydrogen) atoms. The maximum absolute atomic E-state index is 12.5. The van der Waals surface area contributed by atoms with E-state index in [1.165, 1.54) is 50.6 Å². The van der Waals surface area contributed by atoms with Gasteiger partial charge in [-0.2, -0.15) is 0 Å². The smallest absolute Gasteiger partial charge is 0.261 e. The molecule has 0 bridgehead atoms. The van der Waals surface area contributed by atoms with Crippen LogP contribution in [-0.4, -0.2) is 28.5 Å². The third-order valence-corrected chi connectivity index (χ3v) is 4.88. The number of anilines is 1. The lowest BCUT2D eigenvalue weighted by Crippen LogP contribution is -2.20. The molecule has 2 rings (SSSR count). The minimum atomic E-state index is -3.94. The molecule has 0 aliphatic heterocycles. The molecule has 2 aromatic carbocycles. The molecule has 0 radical (unpaired) electrons. The van der Waals surface area contributed by atoms with Crippen LogP contribution >= 0.6 is 23.2 Å². The lowest BCUT2D eigenvalue weighted by Gasteiger charge is -2.12. The Morgan fingerprint density at radius 2 is 1.71 bits per heavy atom. The van der Waals surface area contributed by atoms with Crippen LogP contribution in [0.5, 0.6) is 5.75 Å². The molecule has 0 aromatic heterocycles. The second-order valence-corrected chi connectivity index (χ2v) is 7.26. The quantitative estimate of drug-likeness (QED) is 0.823. The molecule has 1 amide bonds. The summed E-state index contributed by atoms with van der Waals surface area (Å²) in [6.07, 6.45) is 0. The normalized spacial score (nSPS) is 11.0. The van der Waals surface area contributed by atoms with Gasteiger partial charge in [0.2, 0.25) is 0 Å². The van der Waals surface area contributed by atoms with Gasteiger partial charge in [-0.3, -0.25) is 9.52 Å². The summed E-state index contributed by atoms with van der Waals surface area (Å²) in [5.41, 5.74) is 0.316. The van der Waals surface area contributed by atoms with Gasteiger partial charge in [0, 0.05) is 17.1 Å².